The third-order valence-electron chi connectivity index (χ3n) is 2.09. The number of fused-ring (bicyclic) bond motifs is 1. The lowest BCUT2D eigenvalue weighted by atomic mass is 10.2. The summed E-state index contributed by atoms with van der Waals surface area (Å²) in [5, 5.41) is 0. The topological polar surface area (TPSA) is 65.7 Å². The summed E-state index contributed by atoms with van der Waals surface area (Å²) < 4.78 is 15.0. The van der Waals surface area contributed by atoms with Crippen LogP contribution in [0.25, 0.3) is 0 Å². The molecule has 16 heavy (non-hydrogen) atoms. The van der Waals surface area contributed by atoms with Crippen molar-refractivity contribution in [3.8, 4) is 0 Å². The number of carbonyl (C=O) groups excluding carboxylic acids is 2. The van der Waals surface area contributed by atoms with E-state index in [2.05, 4.69) is 6.58 Å². The molecular weight excluding hydrogens is 212 g/mol. The van der Waals surface area contributed by atoms with Crippen molar-refractivity contribution in [3.05, 3.63) is 35.3 Å². The second kappa shape index (κ2) is 3.52. The van der Waals surface area contributed by atoms with E-state index in [9.17, 15) is 9.59 Å². The quantitative estimate of drug-likeness (QED) is 0.564. The van der Waals surface area contributed by atoms with E-state index in [1.54, 1.807) is 13.0 Å². The van der Waals surface area contributed by atoms with Crippen LogP contribution in [-0.4, -0.2) is 11.9 Å². The van der Waals surface area contributed by atoms with Gasteiger partial charge < -0.3 is 13.9 Å². The van der Waals surface area contributed by atoms with Crippen LogP contribution in [0.4, 0.5) is 0 Å². The molecule has 5 heteroatoms. The van der Waals surface area contributed by atoms with Gasteiger partial charge in [-0.05, 0) is 19.9 Å². The average molecular weight is 222 g/mol. The molecule has 0 spiro atoms. The second-order valence-corrected chi connectivity index (χ2v) is 3.56. The van der Waals surface area contributed by atoms with Gasteiger partial charge >= 0.3 is 18.2 Å². The van der Waals surface area contributed by atoms with Gasteiger partial charge in [-0.2, -0.15) is 0 Å². The molecule has 1 unspecified atom stereocenters. The number of esters is 2. The Morgan fingerprint density at radius 1 is 1.56 bits per heavy atom. The number of hydrogen-bond donors (Lipinski definition) is 0. The van der Waals surface area contributed by atoms with Gasteiger partial charge in [-0.3, -0.25) is 0 Å². The third-order valence-corrected chi connectivity index (χ3v) is 2.09. The predicted octanol–water partition coefficient (Wildman–Crippen LogP) is 1.88. The maximum absolute atomic E-state index is 11.3. The van der Waals surface area contributed by atoms with Crippen LogP contribution in [0.2, 0.25) is 0 Å². The van der Waals surface area contributed by atoms with Crippen molar-refractivity contribution in [3.63, 3.8) is 0 Å². The van der Waals surface area contributed by atoms with Crippen molar-refractivity contribution in [1.29, 1.82) is 0 Å². The van der Waals surface area contributed by atoms with Gasteiger partial charge in [0, 0.05) is 5.57 Å². The first-order valence-electron chi connectivity index (χ1n) is 4.67. The summed E-state index contributed by atoms with van der Waals surface area (Å²) in [6.07, 6.45) is -1.10. The molecule has 1 atom stereocenters. The molecule has 1 aromatic rings. The van der Waals surface area contributed by atoms with Crippen LogP contribution in [0.1, 0.15) is 35.1 Å². The minimum Gasteiger partial charge on any atom is -0.457 e. The van der Waals surface area contributed by atoms with Crippen LogP contribution in [-0.2, 0) is 14.3 Å². The minimum absolute atomic E-state index is 0.229. The molecule has 0 aromatic carbocycles. The van der Waals surface area contributed by atoms with Crippen LogP contribution in [0.15, 0.2) is 22.6 Å². The highest BCUT2D eigenvalue weighted by Gasteiger charge is 2.38. The molecule has 0 bridgehead atoms. The number of cyclic esters (lactones) is 1. The van der Waals surface area contributed by atoms with E-state index >= 15 is 0 Å². The van der Waals surface area contributed by atoms with Crippen molar-refractivity contribution in [2.45, 2.75) is 20.1 Å². The van der Waals surface area contributed by atoms with Gasteiger partial charge in [0.2, 0.25) is 0 Å². The molecule has 1 aliphatic heterocycles. The van der Waals surface area contributed by atoms with Crippen LogP contribution in [0.5, 0.6) is 0 Å². The van der Waals surface area contributed by atoms with Crippen molar-refractivity contribution in [1.82, 2.24) is 0 Å². The molecule has 0 radical (unpaired) electrons. The molecule has 2 rings (SSSR count). The van der Waals surface area contributed by atoms with Crippen molar-refractivity contribution in [2.75, 3.05) is 0 Å². The summed E-state index contributed by atoms with van der Waals surface area (Å²) in [5.41, 5.74) is 0.532. The molecule has 84 valence electrons. The molecule has 2 heterocycles. The molecule has 0 amide bonds. The summed E-state index contributed by atoms with van der Waals surface area (Å²) >= 11 is 0. The van der Waals surface area contributed by atoms with E-state index in [0.717, 1.165) is 0 Å². The van der Waals surface area contributed by atoms with E-state index in [-0.39, 0.29) is 11.3 Å². The largest absolute Gasteiger partial charge is 0.457 e. The highest BCUT2D eigenvalue weighted by atomic mass is 16.7. The maximum atomic E-state index is 11.3. The molecular formula is C11H10O5. The van der Waals surface area contributed by atoms with Crippen LogP contribution < -0.4 is 0 Å². The fraction of sp³-hybridized carbons (Fsp3) is 0.273. The lowest BCUT2D eigenvalue weighted by Crippen LogP contribution is -2.11. The monoisotopic (exact) mass is 222 g/mol. The van der Waals surface area contributed by atoms with E-state index < -0.39 is 18.2 Å². The molecule has 0 fully saturated rings. The third kappa shape index (κ3) is 1.60. The summed E-state index contributed by atoms with van der Waals surface area (Å²) in [7, 11) is 0. The lowest BCUT2D eigenvalue weighted by molar-refractivity contribution is -0.165. The molecule has 1 aromatic heterocycles. The van der Waals surface area contributed by atoms with Gasteiger partial charge in [-0.25, -0.2) is 9.59 Å². The van der Waals surface area contributed by atoms with Crippen LogP contribution >= 0.6 is 0 Å². The smallest absolute Gasteiger partial charge is 0.345 e. The van der Waals surface area contributed by atoms with E-state index in [1.165, 1.54) is 6.92 Å². The first-order chi connectivity index (χ1) is 7.49. The van der Waals surface area contributed by atoms with Gasteiger partial charge in [0.1, 0.15) is 11.3 Å². The zero-order valence-electron chi connectivity index (χ0n) is 8.90. The SMILES string of the molecule is C=C(C)C(=O)OC1OC(=O)c2cc(C)oc21. The first kappa shape index (κ1) is 10.5. The Bertz CT molecular complexity index is 483. The number of ether oxygens (including phenoxy) is 2. The fourth-order valence-corrected chi connectivity index (χ4v) is 1.36. The lowest BCUT2D eigenvalue weighted by Gasteiger charge is -2.10. The highest BCUT2D eigenvalue weighted by molar-refractivity contribution is 5.94. The number of rotatable bonds is 2. The van der Waals surface area contributed by atoms with E-state index in [0.29, 0.717) is 11.3 Å². The molecule has 0 saturated heterocycles. The van der Waals surface area contributed by atoms with Gasteiger partial charge in [-0.1, -0.05) is 6.58 Å². The van der Waals surface area contributed by atoms with Gasteiger partial charge in [-0.15, -0.1) is 0 Å². The van der Waals surface area contributed by atoms with E-state index in [1.807, 2.05) is 0 Å². The van der Waals surface area contributed by atoms with Gasteiger partial charge in [0.05, 0.1) is 0 Å². The molecule has 0 aliphatic carbocycles. The summed E-state index contributed by atoms with van der Waals surface area (Å²) in [4.78, 5) is 22.6. The minimum atomic E-state index is -1.10. The fourth-order valence-electron chi connectivity index (χ4n) is 1.36. The van der Waals surface area contributed by atoms with Crippen molar-refractivity contribution < 1.29 is 23.5 Å². The number of carbonyl (C=O) groups is 2. The van der Waals surface area contributed by atoms with Crippen LogP contribution in [0, 0.1) is 6.92 Å². The Hall–Kier alpha value is -2.04. The molecule has 5 nitrogen and oxygen atoms in total. The van der Waals surface area contributed by atoms with Crippen molar-refractivity contribution in [2.24, 2.45) is 0 Å². The zero-order valence-corrected chi connectivity index (χ0v) is 8.90. The second-order valence-electron chi connectivity index (χ2n) is 3.56. The number of furan rings is 1. The van der Waals surface area contributed by atoms with Gasteiger partial charge in [0.25, 0.3) is 0 Å². The molecule has 0 saturated carbocycles. The normalized spacial score (nSPS) is 17.9. The Morgan fingerprint density at radius 3 is 2.88 bits per heavy atom. The summed E-state index contributed by atoms with van der Waals surface area (Å²) in [6.45, 7) is 6.64. The van der Waals surface area contributed by atoms with Crippen LogP contribution in [0.3, 0.4) is 0 Å². The highest BCUT2D eigenvalue weighted by Crippen LogP contribution is 2.34. The van der Waals surface area contributed by atoms with Gasteiger partial charge in [0.15, 0.2) is 5.76 Å². The summed E-state index contributed by atoms with van der Waals surface area (Å²) in [5.74, 6) is -0.374. The Balaban J connectivity index is 2.23. The number of aryl methyl sites for hydroxylation is 1. The van der Waals surface area contributed by atoms with E-state index in [4.69, 9.17) is 13.9 Å². The molecule has 1 aliphatic rings. The predicted molar refractivity (Wildman–Crippen MR) is 52.5 cm³/mol. The molecule has 0 N–H and O–H groups in total. The maximum Gasteiger partial charge on any atom is 0.345 e. The zero-order chi connectivity index (χ0) is 11.9. The standard InChI is InChI=1S/C11H10O5/c1-5(2)9(12)15-11-8-7(10(13)16-11)4-6(3)14-8/h4,11H,1H2,2-3H3. The Labute approximate surface area is 91.6 Å². The Morgan fingerprint density at radius 2 is 2.25 bits per heavy atom. The Kier molecular flexibility index (Phi) is 2.30. The number of hydrogen-bond acceptors (Lipinski definition) is 5. The van der Waals surface area contributed by atoms with Crippen molar-refractivity contribution >= 4 is 11.9 Å². The average Bonchev–Trinajstić information content (AvgIpc) is 2.68. The summed E-state index contributed by atoms with van der Waals surface area (Å²) in [6, 6.07) is 1.55. The first-order valence-corrected chi connectivity index (χ1v) is 4.67.